The summed E-state index contributed by atoms with van der Waals surface area (Å²) in [6.45, 7) is 2.25. The summed E-state index contributed by atoms with van der Waals surface area (Å²) < 4.78 is 0. The molecular weight excluding hydrogens is 254 g/mol. The van der Waals surface area contributed by atoms with Crippen LogP contribution >= 0.6 is 0 Å². The van der Waals surface area contributed by atoms with E-state index in [9.17, 15) is 14.7 Å². The second kappa shape index (κ2) is 6.07. The van der Waals surface area contributed by atoms with Crippen molar-refractivity contribution in [3.8, 4) is 0 Å². The lowest BCUT2D eigenvalue weighted by Crippen LogP contribution is -2.39. The minimum absolute atomic E-state index is 0.0307. The summed E-state index contributed by atoms with van der Waals surface area (Å²) in [6, 6.07) is 8.93. The van der Waals surface area contributed by atoms with E-state index in [0.717, 1.165) is 12.3 Å². The van der Waals surface area contributed by atoms with Gasteiger partial charge in [0.05, 0.1) is 5.41 Å². The van der Waals surface area contributed by atoms with Gasteiger partial charge in [-0.15, -0.1) is 0 Å². The van der Waals surface area contributed by atoms with Crippen molar-refractivity contribution >= 4 is 11.9 Å². The predicted octanol–water partition coefficient (Wildman–Crippen LogP) is 2.34. The highest BCUT2D eigenvalue weighted by Gasteiger charge is 2.37. The number of rotatable bonds is 7. The molecule has 1 aromatic carbocycles. The molecule has 4 nitrogen and oxygen atoms in total. The van der Waals surface area contributed by atoms with Gasteiger partial charge in [0.15, 0.2) is 0 Å². The Bertz CT molecular complexity index is 482. The zero-order chi connectivity index (χ0) is 14.6. The largest absolute Gasteiger partial charge is 0.481 e. The molecule has 1 saturated carbocycles. The maximum Gasteiger partial charge on any atom is 0.314 e. The second-order valence-corrected chi connectivity index (χ2v) is 5.76. The van der Waals surface area contributed by atoms with E-state index in [1.807, 2.05) is 6.07 Å². The molecule has 4 heteroatoms. The van der Waals surface area contributed by atoms with Gasteiger partial charge in [0.25, 0.3) is 0 Å². The molecule has 0 bridgehead atoms. The Morgan fingerprint density at radius 2 is 1.95 bits per heavy atom. The van der Waals surface area contributed by atoms with Gasteiger partial charge in [-0.05, 0) is 24.8 Å². The summed E-state index contributed by atoms with van der Waals surface area (Å²) in [5.41, 5.74) is -0.518. The number of aliphatic carboxylic acids is 1. The Morgan fingerprint density at radius 3 is 2.50 bits per heavy atom. The Hall–Kier alpha value is -1.84. The molecule has 0 saturated heterocycles. The third-order valence-corrected chi connectivity index (χ3v) is 3.97. The normalized spacial score (nSPS) is 17.2. The number of benzene rings is 1. The van der Waals surface area contributed by atoms with Crippen LogP contribution in [0.2, 0.25) is 0 Å². The smallest absolute Gasteiger partial charge is 0.314 e. The van der Waals surface area contributed by atoms with Gasteiger partial charge in [-0.3, -0.25) is 9.59 Å². The quantitative estimate of drug-likeness (QED) is 0.802. The van der Waals surface area contributed by atoms with Gasteiger partial charge in [0.2, 0.25) is 5.91 Å². The summed E-state index contributed by atoms with van der Waals surface area (Å²) in [5.74, 6) is -0.407. The molecular formula is C16H21NO3. The average Bonchev–Trinajstić information content (AvgIpc) is 3.23. The fourth-order valence-electron chi connectivity index (χ4n) is 2.31. The van der Waals surface area contributed by atoms with Crippen LogP contribution in [0.1, 0.15) is 38.2 Å². The molecule has 0 radical (unpaired) electrons. The van der Waals surface area contributed by atoms with Crippen LogP contribution in [0.5, 0.6) is 0 Å². The molecule has 0 aromatic heterocycles. The summed E-state index contributed by atoms with van der Waals surface area (Å²) in [4.78, 5) is 23.5. The SMILES string of the molecule is CC(CC(=O)NCCC1CC1)(C(=O)O)c1ccccc1. The van der Waals surface area contributed by atoms with Crippen molar-refractivity contribution in [1.82, 2.24) is 5.32 Å². The van der Waals surface area contributed by atoms with Crippen LogP contribution in [0, 0.1) is 5.92 Å². The second-order valence-electron chi connectivity index (χ2n) is 5.76. The monoisotopic (exact) mass is 275 g/mol. The van der Waals surface area contributed by atoms with Gasteiger partial charge >= 0.3 is 5.97 Å². The third kappa shape index (κ3) is 3.59. The van der Waals surface area contributed by atoms with E-state index >= 15 is 0 Å². The molecule has 1 atom stereocenters. The number of carboxylic acid groups (broad SMARTS) is 1. The molecule has 20 heavy (non-hydrogen) atoms. The molecule has 0 spiro atoms. The maximum absolute atomic E-state index is 12.0. The van der Waals surface area contributed by atoms with Crippen LogP contribution in [0.3, 0.4) is 0 Å². The van der Waals surface area contributed by atoms with Gasteiger partial charge in [-0.2, -0.15) is 0 Å². The zero-order valence-electron chi connectivity index (χ0n) is 11.8. The molecule has 2 N–H and O–H groups in total. The predicted molar refractivity (Wildman–Crippen MR) is 76.4 cm³/mol. The van der Waals surface area contributed by atoms with E-state index in [-0.39, 0.29) is 12.3 Å². The highest BCUT2D eigenvalue weighted by Crippen LogP contribution is 2.32. The summed E-state index contributed by atoms with van der Waals surface area (Å²) in [5, 5.41) is 12.3. The molecule has 108 valence electrons. The number of nitrogens with one attached hydrogen (secondary N) is 1. The van der Waals surface area contributed by atoms with E-state index in [0.29, 0.717) is 12.1 Å². The van der Waals surface area contributed by atoms with Gasteiger partial charge in [-0.1, -0.05) is 43.2 Å². The van der Waals surface area contributed by atoms with Crippen LogP contribution in [0.4, 0.5) is 0 Å². The van der Waals surface area contributed by atoms with Crippen molar-refractivity contribution < 1.29 is 14.7 Å². The zero-order valence-corrected chi connectivity index (χ0v) is 11.8. The summed E-state index contributed by atoms with van der Waals surface area (Å²) >= 11 is 0. The highest BCUT2D eigenvalue weighted by atomic mass is 16.4. The molecule has 2 rings (SSSR count). The topological polar surface area (TPSA) is 66.4 Å². The van der Waals surface area contributed by atoms with Crippen molar-refractivity contribution in [2.75, 3.05) is 6.54 Å². The first-order valence-corrected chi connectivity index (χ1v) is 7.08. The number of carbonyl (C=O) groups excluding carboxylic acids is 1. The molecule has 1 aromatic rings. The minimum Gasteiger partial charge on any atom is -0.481 e. The van der Waals surface area contributed by atoms with E-state index in [1.165, 1.54) is 12.8 Å². The Balaban J connectivity index is 1.97. The van der Waals surface area contributed by atoms with Crippen LogP contribution in [0.25, 0.3) is 0 Å². The minimum atomic E-state index is -1.18. The van der Waals surface area contributed by atoms with E-state index in [1.54, 1.807) is 31.2 Å². The van der Waals surface area contributed by atoms with E-state index < -0.39 is 11.4 Å². The number of hydrogen-bond acceptors (Lipinski definition) is 2. The van der Waals surface area contributed by atoms with Crippen LogP contribution < -0.4 is 5.32 Å². The van der Waals surface area contributed by atoms with Crippen molar-refractivity contribution in [2.24, 2.45) is 5.92 Å². The van der Waals surface area contributed by atoms with Gasteiger partial charge in [-0.25, -0.2) is 0 Å². The van der Waals surface area contributed by atoms with Crippen molar-refractivity contribution in [2.45, 2.75) is 38.0 Å². The lowest BCUT2D eigenvalue weighted by atomic mass is 9.79. The van der Waals surface area contributed by atoms with Crippen molar-refractivity contribution in [3.63, 3.8) is 0 Å². The number of carbonyl (C=O) groups is 2. The Kier molecular flexibility index (Phi) is 4.42. The van der Waals surface area contributed by atoms with Gasteiger partial charge < -0.3 is 10.4 Å². The maximum atomic E-state index is 12.0. The van der Waals surface area contributed by atoms with Crippen molar-refractivity contribution in [1.29, 1.82) is 0 Å². The van der Waals surface area contributed by atoms with Gasteiger partial charge in [0, 0.05) is 13.0 Å². The molecule has 0 aliphatic heterocycles. The van der Waals surface area contributed by atoms with E-state index in [2.05, 4.69) is 5.32 Å². The number of hydrogen-bond donors (Lipinski definition) is 2. The Morgan fingerprint density at radius 1 is 1.30 bits per heavy atom. The molecule has 1 unspecified atom stereocenters. The fourth-order valence-corrected chi connectivity index (χ4v) is 2.31. The molecule has 1 amide bonds. The Labute approximate surface area is 119 Å². The van der Waals surface area contributed by atoms with Crippen LogP contribution in [0.15, 0.2) is 30.3 Å². The number of carboxylic acids is 1. The molecule has 0 heterocycles. The van der Waals surface area contributed by atoms with Crippen molar-refractivity contribution in [3.05, 3.63) is 35.9 Å². The first kappa shape index (κ1) is 14.6. The molecule has 1 fully saturated rings. The first-order valence-electron chi connectivity index (χ1n) is 7.08. The lowest BCUT2D eigenvalue weighted by molar-refractivity contribution is -0.145. The van der Waals surface area contributed by atoms with E-state index in [4.69, 9.17) is 0 Å². The average molecular weight is 275 g/mol. The first-order chi connectivity index (χ1) is 9.52. The van der Waals surface area contributed by atoms with Crippen LogP contribution in [-0.4, -0.2) is 23.5 Å². The van der Waals surface area contributed by atoms with Gasteiger partial charge in [0.1, 0.15) is 0 Å². The lowest BCUT2D eigenvalue weighted by Gasteiger charge is -2.24. The summed E-state index contributed by atoms with van der Waals surface area (Å²) in [6.07, 6.45) is 3.48. The standard InChI is InChI=1S/C16H21NO3/c1-16(15(19)20,13-5-3-2-4-6-13)11-14(18)17-10-9-12-7-8-12/h2-6,12H,7-11H2,1H3,(H,17,18)(H,19,20). The third-order valence-electron chi connectivity index (χ3n) is 3.97. The molecule has 1 aliphatic carbocycles. The number of amides is 1. The molecule has 1 aliphatic rings. The summed E-state index contributed by atoms with van der Waals surface area (Å²) in [7, 11) is 0. The fraction of sp³-hybridized carbons (Fsp3) is 0.500. The van der Waals surface area contributed by atoms with Crippen LogP contribution in [-0.2, 0) is 15.0 Å². The highest BCUT2D eigenvalue weighted by molar-refractivity contribution is 5.89.